The van der Waals surface area contributed by atoms with Crippen LogP contribution in [-0.2, 0) is 10.3 Å². The number of carbonyl (C=O) groups excluding carboxylic acids is 1. The van der Waals surface area contributed by atoms with Crippen molar-refractivity contribution in [2.75, 3.05) is 7.11 Å². The Morgan fingerprint density at radius 2 is 1.95 bits per heavy atom. The van der Waals surface area contributed by atoms with Crippen molar-refractivity contribution in [3.63, 3.8) is 0 Å². The molecule has 0 amide bonds. The number of carbonyl (C=O) groups is 1. The molecule has 4 rings (SSSR count). The van der Waals surface area contributed by atoms with Gasteiger partial charge in [-0.05, 0) is 40.6 Å². The van der Waals surface area contributed by atoms with Gasteiger partial charge in [0.15, 0.2) is 5.84 Å². The third-order valence-corrected chi connectivity index (χ3v) is 4.13. The number of aliphatic imine (C=N–C) groups is 2. The molecule has 1 unspecified atom stereocenters. The standard InChI is InChI=1S/C17H13N3O2/c1-22-15(21)12-3-2-11-9-13(5-4-10(11)8-12)17(18)14-6-7-19-16(17)20-14/h2-9H,18H2,1H3. The summed E-state index contributed by atoms with van der Waals surface area (Å²) in [5.74, 6) is 0.291. The smallest absolute Gasteiger partial charge is 0.337 e. The normalized spacial score (nSPS) is 21.9. The summed E-state index contributed by atoms with van der Waals surface area (Å²) in [5, 5.41) is 1.96. The number of hydrogen-bond acceptors (Lipinski definition) is 5. The molecule has 2 bridgehead atoms. The van der Waals surface area contributed by atoms with Gasteiger partial charge in [-0.1, -0.05) is 18.2 Å². The number of rotatable bonds is 2. The van der Waals surface area contributed by atoms with Crippen LogP contribution in [0.4, 0.5) is 0 Å². The first kappa shape index (κ1) is 12.9. The number of nitrogens with two attached hydrogens (primary N) is 1. The quantitative estimate of drug-likeness (QED) is 0.861. The van der Waals surface area contributed by atoms with Gasteiger partial charge in [0.25, 0.3) is 0 Å². The van der Waals surface area contributed by atoms with E-state index in [1.165, 1.54) is 7.11 Å². The Balaban J connectivity index is 1.80. The summed E-state index contributed by atoms with van der Waals surface area (Å²) >= 11 is 0. The third kappa shape index (κ3) is 1.60. The molecule has 0 saturated carbocycles. The average Bonchev–Trinajstić information content (AvgIpc) is 2.59. The molecule has 0 aromatic heterocycles. The van der Waals surface area contributed by atoms with Crippen LogP contribution in [0.1, 0.15) is 15.9 Å². The van der Waals surface area contributed by atoms with Crippen molar-refractivity contribution in [2.45, 2.75) is 5.54 Å². The van der Waals surface area contributed by atoms with Crippen molar-refractivity contribution in [3.8, 4) is 0 Å². The maximum atomic E-state index is 11.6. The number of esters is 1. The Morgan fingerprint density at radius 1 is 1.18 bits per heavy atom. The second-order valence-electron chi connectivity index (χ2n) is 5.34. The van der Waals surface area contributed by atoms with Crippen molar-refractivity contribution in [3.05, 3.63) is 59.3 Å². The predicted molar refractivity (Wildman–Crippen MR) is 85.2 cm³/mol. The molecule has 1 atom stereocenters. The molecule has 5 heteroatoms. The molecule has 2 aromatic rings. The van der Waals surface area contributed by atoms with Gasteiger partial charge < -0.3 is 10.5 Å². The third-order valence-electron chi connectivity index (χ3n) is 4.13. The highest BCUT2D eigenvalue weighted by atomic mass is 16.5. The molecule has 5 nitrogen and oxygen atoms in total. The maximum absolute atomic E-state index is 11.6. The highest BCUT2D eigenvalue weighted by Crippen LogP contribution is 2.40. The topological polar surface area (TPSA) is 77.0 Å². The summed E-state index contributed by atoms with van der Waals surface area (Å²) in [6, 6.07) is 11.4. The van der Waals surface area contributed by atoms with E-state index in [4.69, 9.17) is 10.5 Å². The number of fused-ring (bicyclic) bond motifs is 3. The van der Waals surface area contributed by atoms with Crippen LogP contribution in [-0.4, -0.2) is 25.1 Å². The fraction of sp³-hybridized carbons (Fsp3) is 0.118. The van der Waals surface area contributed by atoms with Crippen LogP contribution in [0.3, 0.4) is 0 Å². The fourth-order valence-electron chi connectivity index (χ4n) is 2.84. The van der Waals surface area contributed by atoms with Crippen molar-refractivity contribution < 1.29 is 9.53 Å². The number of hydrogen-bond donors (Lipinski definition) is 1. The van der Waals surface area contributed by atoms with Gasteiger partial charge in [-0.3, -0.25) is 0 Å². The minimum absolute atomic E-state index is 0.344. The summed E-state index contributed by atoms with van der Waals surface area (Å²) < 4.78 is 4.74. The van der Waals surface area contributed by atoms with Crippen molar-refractivity contribution in [1.29, 1.82) is 0 Å². The summed E-state index contributed by atoms with van der Waals surface area (Å²) in [6.45, 7) is 0. The van der Waals surface area contributed by atoms with E-state index in [1.54, 1.807) is 12.3 Å². The zero-order valence-corrected chi connectivity index (χ0v) is 11.9. The lowest BCUT2D eigenvalue weighted by atomic mass is 9.80. The molecular weight excluding hydrogens is 278 g/mol. The number of methoxy groups -OCH3 is 1. The summed E-state index contributed by atoms with van der Waals surface area (Å²) in [6.07, 6.45) is 3.55. The first-order chi connectivity index (χ1) is 10.6. The Hall–Kier alpha value is -2.79. The zero-order chi connectivity index (χ0) is 15.3. The van der Waals surface area contributed by atoms with Crippen LogP contribution in [0.5, 0.6) is 0 Å². The van der Waals surface area contributed by atoms with Crippen LogP contribution < -0.4 is 5.73 Å². The van der Waals surface area contributed by atoms with Crippen LogP contribution in [0.2, 0.25) is 0 Å². The molecule has 108 valence electrons. The molecule has 0 fully saturated rings. The minimum atomic E-state index is -0.718. The number of dihydropyridines is 1. The zero-order valence-electron chi connectivity index (χ0n) is 11.9. The van der Waals surface area contributed by atoms with Crippen molar-refractivity contribution in [2.24, 2.45) is 15.7 Å². The molecule has 0 radical (unpaired) electrons. The van der Waals surface area contributed by atoms with E-state index < -0.39 is 5.54 Å². The predicted octanol–water partition coefficient (Wildman–Crippen LogP) is 2.16. The van der Waals surface area contributed by atoms with Gasteiger partial charge in [-0.15, -0.1) is 0 Å². The summed E-state index contributed by atoms with van der Waals surface area (Å²) in [5.41, 5.74) is 8.05. The molecule has 2 N–H and O–H groups in total. The Bertz CT molecular complexity index is 898. The highest BCUT2D eigenvalue weighted by molar-refractivity contribution is 6.11. The first-order valence-corrected chi connectivity index (χ1v) is 6.88. The van der Waals surface area contributed by atoms with E-state index in [0.717, 1.165) is 22.0 Å². The number of benzene rings is 2. The van der Waals surface area contributed by atoms with Gasteiger partial charge in [0, 0.05) is 6.21 Å². The first-order valence-electron chi connectivity index (χ1n) is 6.88. The van der Waals surface area contributed by atoms with Crippen LogP contribution >= 0.6 is 0 Å². The maximum Gasteiger partial charge on any atom is 0.337 e. The summed E-state index contributed by atoms with van der Waals surface area (Å²) in [4.78, 5) is 20.1. The number of ether oxygens (including phenoxy) is 1. The molecule has 2 aromatic carbocycles. The Morgan fingerprint density at radius 3 is 2.64 bits per heavy atom. The lowest BCUT2D eigenvalue weighted by Gasteiger charge is -2.39. The lowest BCUT2D eigenvalue weighted by molar-refractivity contribution is 0.0601. The van der Waals surface area contributed by atoms with Crippen molar-refractivity contribution in [1.82, 2.24) is 0 Å². The second kappa shape index (κ2) is 4.35. The Kier molecular flexibility index (Phi) is 2.55. The van der Waals surface area contributed by atoms with Crippen LogP contribution in [0.15, 0.2) is 58.2 Å². The molecule has 22 heavy (non-hydrogen) atoms. The summed E-state index contributed by atoms with van der Waals surface area (Å²) in [7, 11) is 1.37. The number of amidine groups is 1. The van der Waals surface area contributed by atoms with Gasteiger partial charge in [0.1, 0.15) is 5.54 Å². The molecular formula is C17H13N3O2. The van der Waals surface area contributed by atoms with Gasteiger partial charge in [-0.2, -0.15) is 0 Å². The minimum Gasteiger partial charge on any atom is -0.465 e. The van der Waals surface area contributed by atoms with E-state index in [2.05, 4.69) is 9.98 Å². The lowest BCUT2D eigenvalue weighted by Crippen LogP contribution is -2.53. The Labute approximate surface area is 126 Å². The monoisotopic (exact) mass is 291 g/mol. The SMILES string of the molecule is COC(=O)c1ccc2cc(C3(N)c4ccnc3n4)ccc2c1. The van der Waals surface area contributed by atoms with Crippen molar-refractivity contribution >= 4 is 28.8 Å². The second-order valence-corrected chi connectivity index (χ2v) is 5.34. The number of nitrogens with zero attached hydrogens (tertiary/aromatic N) is 2. The van der Waals surface area contributed by atoms with E-state index in [0.29, 0.717) is 11.4 Å². The highest BCUT2D eigenvalue weighted by Gasteiger charge is 2.46. The van der Waals surface area contributed by atoms with Gasteiger partial charge in [-0.25, -0.2) is 14.8 Å². The van der Waals surface area contributed by atoms with Gasteiger partial charge in [0.05, 0.1) is 18.4 Å². The molecule has 2 aliphatic heterocycles. The van der Waals surface area contributed by atoms with E-state index in [1.807, 2.05) is 36.4 Å². The van der Waals surface area contributed by atoms with Crippen LogP contribution in [0.25, 0.3) is 10.8 Å². The van der Waals surface area contributed by atoms with Gasteiger partial charge >= 0.3 is 5.97 Å². The number of allylic oxidation sites excluding steroid dienone is 1. The van der Waals surface area contributed by atoms with Crippen LogP contribution in [0, 0.1) is 0 Å². The molecule has 0 spiro atoms. The molecule has 2 aliphatic rings. The molecule has 0 saturated heterocycles. The van der Waals surface area contributed by atoms with Gasteiger partial charge in [0.2, 0.25) is 0 Å². The molecule has 2 heterocycles. The molecule has 0 aliphatic carbocycles. The fourth-order valence-corrected chi connectivity index (χ4v) is 2.84. The average molecular weight is 291 g/mol. The van der Waals surface area contributed by atoms with E-state index in [-0.39, 0.29) is 5.97 Å². The van der Waals surface area contributed by atoms with E-state index in [9.17, 15) is 4.79 Å². The largest absolute Gasteiger partial charge is 0.465 e. The van der Waals surface area contributed by atoms with E-state index >= 15 is 0 Å².